The molecule has 2 aliphatic carbocycles. The van der Waals surface area contributed by atoms with Gasteiger partial charge in [-0.05, 0) is 80.8 Å². The summed E-state index contributed by atoms with van der Waals surface area (Å²) in [6.45, 7) is 2.64. The molecule has 0 unspecified atom stereocenters. The van der Waals surface area contributed by atoms with Crippen LogP contribution in [-0.4, -0.2) is 29.6 Å². The monoisotopic (exact) mass is 606 g/mol. The van der Waals surface area contributed by atoms with Crippen LogP contribution in [0.4, 0.5) is 0 Å². The Morgan fingerprint density at radius 1 is 1.06 bits per heavy atom. The van der Waals surface area contributed by atoms with Crippen molar-refractivity contribution < 1.29 is 19.1 Å². The number of carbonyl (C=O) groups excluding carboxylic acids is 2. The summed E-state index contributed by atoms with van der Waals surface area (Å²) in [5.74, 6) is 0.355. The minimum Gasteiger partial charge on any atom is -0.490 e. The molecule has 4 atom stereocenters. The summed E-state index contributed by atoms with van der Waals surface area (Å²) in [4.78, 5) is 25.8. The molecule has 2 bridgehead atoms. The summed E-state index contributed by atoms with van der Waals surface area (Å²) in [5, 5.41) is 5.99. The number of benzene rings is 2. The maximum Gasteiger partial charge on any atom is 0.254 e. The maximum absolute atomic E-state index is 12.9. The Bertz CT molecular complexity index is 1180. The lowest BCUT2D eigenvalue weighted by Gasteiger charge is -2.17. The number of carbonyl (C=O) groups is 2. The van der Waals surface area contributed by atoms with Crippen molar-refractivity contribution in [3.8, 4) is 11.5 Å². The van der Waals surface area contributed by atoms with E-state index < -0.39 is 0 Å². The van der Waals surface area contributed by atoms with Crippen molar-refractivity contribution in [2.75, 3.05) is 6.61 Å². The lowest BCUT2D eigenvalue weighted by atomic mass is 9.85. The molecule has 1 saturated carbocycles. The Balaban J connectivity index is 1.39. The van der Waals surface area contributed by atoms with E-state index in [2.05, 4.69) is 49.1 Å². The molecule has 0 radical (unpaired) electrons. The van der Waals surface area contributed by atoms with E-state index in [1.54, 1.807) is 6.07 Å². The molecule has 1 aliphatic heterocycles. The topological polar surface area (TPSA) is 68.2 Å². The van der Waals surface area contributed by atoms with Crippen LogP contribution in [0.1, 0.15) is 24.5 Å². The molecule has 2 amide bonds. The van der Waals surface area contributed by atoms with Gasteiger partial charge in [-0.3, -0.25) is 9.59 Å². The fourth-order valence-electron chi connectivity index (χ4n) is 4.95. The normalized spacial score (nSPS) is 25.0. The molecule has 3 aliphatic rings. The molecule has 0 aromatic heterocycles. The van der Waals surface area contributed by atoms with Crippen molar-refractivity contribution in [1.29, 1.82) is 0 Å². The first-order valence-electron chi connectivity index (χ1n) is 11.0. The number of rotatable bonds is 7. The minimum atomic E-state index is -0.280. The summed E-state index contributed by atoms with van der Waals surface area (Å²) >= 11 is 13.1. The van der Waals surface area contributed by atoms with Crippen LogP contribution >= 0.6 is 43.5 Å². The number of halogens is 3. The fraction of sp³-hybridized carbons (Fsp3) is 0.320. The van der Waals surface area contributed by atoms with E-state index in [0.29, 0.717) is 44.2 Å². The standard InChI is InChI=1S/C25H21Br2ClN2O4/c1-2-33-18-10-16(21(26)22(27)23(18)34-12-13-3-7-17(28)8-4-13)11-29-30-24(31)19-14-5-6-15(9-14)20(19)25(30)32/h3-8,10-11,14-15,19-20H,2,9,12H2,1H3/t14-,15-,19-,20+/m0/s1. The second kappa shape index (κ2) is 9.47. The van der Waals surface area contributed by atoms with Gasteiger partial charge < -0.3 is 9.47 Å². The molecule has 0 N–H and O–H groups in total. The first-order valence-corrected chi connectivity index (χ1v) is 13.0. The molecule has 9 heteroatoms. The molecule has 176 valence electrons. The Kier molecular flexibility index (Phi) is 6.57. The Hall–Kier alpha value is -2.16. The number of allylic oxidation sites excluding steroid dienone is 2. The Morgan fingerprint density at radius 3 is 2.32 bits per heavy atom. The lowest BCUT2D eigenvalue weighted by molar-refractivity contribution is -0.140. The summed E-state index contributed by atoms with van der Waals surface area (Å²) in [5.41, 5.74) is 1.61. The molecule has 2 aromatic rings. The maximum atomic E-state index is 12.9. The van der Waals surface area contributed by atoms with Crippen LogP contribution in [-0.2, 0) is 16.2 Å². The summed E-state index contributed by atoms with van der Waals surface area (Å²) < 4.78 is 13.2. The Morgan fingerprint density at radius 2 is 1.71 bits per heavy atom. The average Bonchev–Trinajstić information content (AvgIpc) is 3.51. The highest BCUT2D eigenvalue weighted by molar-refractivity contribution is 9.13. The number of ether oxygens (including phenoxy) is 2. The van der Waals surface area contributed by atoms with Gasteiger partial charge in [0.15, 0.2) is 11.5 Å². The summed E-state index contributed by atoms with van der Waals surface area (Å²) in [6, 6.07) is 9.19. The van der Waals surface area contributed by atoms with Gasteiger partial charge >= 0.3 is 0 Å². The van der Waals surface area contributed by atoms with Crippen LogP contribution in [0.2, 0.25) is 5.02 Å². The number of fused-ring (bicyclic) bond motifs is 5. The number of hydrogen-bond acceptors (Lipinski definition) is 5. The SMILES string of the molecule is CCOc1cc(C=NN2C(=O)[C@@H]3[C@H](C2=O)[C@H]2C=C[C@H]3C2)c(Br)c(Br)c1OCc1ccc(Cl)cc1. The number of nitrogens with zero attached hydrogens (tertiary/aromatic N) is 2. The molecular weight excluding hydrogens is 588 g/mol. The van der Waals surface area contributed by atoms with Gasteiger partial charge in [0.05, 0.1) is 29.1 Å². The fourth-order valence-corrected chi connectivity index (χ4v) is 6.01. The van der Waals surface area contributed by atoms with E-state index in [1.165, 1.54) is 6.21 Å². The van der Waals surface area contributed by atoms with Crippen molar-refractivity contribution in [2.24, 2.45) is 28.8 Å². The predicted octanol–water partition coefficient (Wildman–Crippen LogP) is 5.98. The van der Waals surface area contributed by atoms with Gasteiger partial charge in [-0.1, -0.05) is 35.9 Å². The first-order chi connectivity index (χ1) is 16.4. The smallest absolute Gasteiger partial charge is 0.254 e. The second-order valence-corrected chi connectivity index (χ2v) is 10.5. The zero-order valence-electron chi connectivity index (χ0n) is 18.2. The molecule has 1 heterocycles. The third-order valence-corrected chi connectivity index (χ3v) is 8.91. The lowest BCUT2D eigenvalue weighted by Crippen LogP contribution is -2.28. The zero-order chi connectivity index (χ0) is 24.0. The van der Waals surface area contributed by atoms with Crippen LogP contribution in [0.15, 0.2) is 56.5 Å². The van der Waals surface area contributed by atoms with E-state index in [9.17, 15) is 9.59 Å². The van der Waals surface area contributed by atoms with Crippen molar-refractivity contribution in [3.05, 3.63) is 67.6 Å². The minimum absolute atomic E-state index is 0.147. The molecule has 6 nitrogen and oxygen atoms in total. The van der Waals surface area contributed by atoms with Gasteiger partial charge in [-0.2, -0.15) is 10.1 Å². The van der Waals surface area contributed by atoms with Gasteiger partial charge in [-0.25, -0.2) is 0 Å². The molecule has 2 fully saturated rings. The van der Waals surface area contributed by atoms with Gasteiger partial charge in [0.2, 0.25) is 0 Å². The summed E-state index contributed by atoms with van der Waals surface area (Å²) in [6.07, 6.45) is 6.52. The van der Waals surface area contributed by atoms with Gasteiger partial charge in [0, 0.05) is 15.1 Å². The largest absolute Gasteiger partial charge is 0.490 e. The van der Waals surface area contributed by atoms with Gasteiger partial charge in [0.25, 0.3) is 11.8 Å². The van der Waals surface area contributed by atoms with Crippen LogP contribution in [0.5, 0.6) is 11.5 Å². The van der Waals surface area contributed by atoms with E-state index in [-0.39, 0.29) is 35.5 Å². The predicted molar refractivity (Wildman–Crippen MR) is 136 cm³/mol. The molecule has 5 rings (SSSR count). The van der Waals surface area contributed by atoms with Crippen LogP contribution in [0.25, 0.3) is 0 Å². The highest BCUT2D eigenvalue weighted by atomic mass is 79.9. The first kappa shape index (κ1) is 23.6. The van der Waals surface area contributed by atoms with Gasteiger partial charge in [-0.15, -0.1) is 0 Å². The third-order valence-electron chi connectivity index (χ3n) is 6.51. The molecule has 1 saturated heterocycles. The second-order valence-electron chi connectivity index (χ2n) is 8.50. The highest BCUT2D eigenvalue weighted by Gasteiger charge is 2.59. The molecule has 34 heavy (non-hydrogen) atoms. The van der Waals surface area contributed by atoms with E-state index in [1.807, 2.05) is 31.2 Å². The quantitative estimate of drug-likeness (QED) is 0.220. The van der Waals surface area contributed by atoms with Crippen LogP contribution in [0.3, 0.4) is 0 Å². The molecule has 2 aromatic carbocycles. The van der Waals surface area contributed by atoms with Crippen LogP contribution < -0.4 is 9.47 Å². The summed E-state index contributed by atoms with van der Waals surface area (Å²) in [7, 11) is 0. The number of hydrogen-bond donors (Lipinski definition) is 0. The van der Waals surface area contributed by atoms with E-state index >= 15 is 0 Å². The van der Waals surface area contributed by atoms with Gasteiger partial charge in [0.1, 0.15) is 6.61 Å². The van der Waals surface area contributed by atoms with E-state index in [0.717, 1.165) is 17.0 Å². The third kappa shape index (κ3) is 4.10. The van der Waals surface area contributed by atoms with Crippen LogP contribution in [0, 0.1) is 23.7 Å². The Labute approximate surface area is 219 Å². The zero-order valence-corrected chi connectivity index (χ0v) is 22.1. The van der Waals surface area contributed by atoms with Crippen molar-refractivity contribution in [1.82, 2.24) is 5.01 Å². The number of hydrazone groups is 1. The number of amides is 2. The number of imide groups is 1. The molecular formula is C25H21Br2ClN2O4. The van der Waals surface area contributed by atoms with Crippen molar-refractivity contribution in [2.45, 2.75) is 20.0 Å². The van der Waals surface area contributed by atoms with Crippen molar-refractivity contribution >= 4 is 61.5 Å². The molecule has 0 spiro atoms. The van der Waals surface area contributed by atoms with E-state index in [4.69, 9.17) is 21.1 Å². The van der Waals surface area contributed by atoms with Crippen molar-refractivity contribution in [3.63, 3.8) is 0 Å². The average molecular weight is 609 g/mol. The highest BCUT2D eigenvalue weighted by Crippen LogP contribution is 2.52.